The van der Waals surface area contributed by atoms with E-state index in [1.165, 1.54) is 4.68 Å². The first kappa shape index (κ1) is 16.3. The largest absolute Gasteiger partial charge is 0.458 e. The molecule has 2 atom stereocenters. The highest BCUT2D eigenvalue weighted by Gasteiger charge is 2.26. The third kappa shape index (κ3) is 3.68. The summed E-state index contributed by atoms with van der Waals surface area (Å²) in [6, 6.07) is 6.68. The molecule has 1 aliphatic heterocycles. The Morgan fingerprint density at radius 1 is 1.43 bits per heavy atom. The van der Waals surface area contributed by atoms with Gasteiger partial charge in [-0.1, -0.05) is 23.2 Å². The lowest BCUT2D eigenvalue weighted by Gasteiger charge is -2.17. The molecule has 23 heavy (non-hydrogen) atoms. The first-order chi connectivity index (χ1) is 11.0. The third-order valence-corrected chi connectivity index (χ3v) is 4.41. The molecule has 122 valence electrons. The summed E-state index contributed by atoms with van der Waals surface area (Å²) in [5, 5.41) is 5.23. The molecule has 2 heterocycles. The van der Waals surface area contributed by atoms with E-state index in [1.807, 2.05) is 6.92 Å². The molecule has 0 spiro atoms. The zero-order chi connectivity index (χ0) is 16.4. The van der Waals surface area contributed by atoms with Crippen molar-refractivity contribution in [3.8, 4) is 5.69 Å². The Hall–Kier alpha value is -1.56. The second-order valence-electron chi connectivity index (χ2n) is 5.48. The normalized spacial score (nSPS) is 18.8. The van der Waals surface area contributed by atoms with Crippen LogP contribution in [0.3, 0.4) is 0 Å². The van der Waals surface area contributed by atoms with Crippen LogP contribution in [0.1, 0.15) is 23.8 Å². The zero-order valence-electron chi connectivity index (χ0n) is 12.5. The molecular formula is C16H16Cl2N2O3. The zero-order valence-corrected chi connectivity index (χ0v) is 14.0. The Balaban J connectivity index is 1.72. The lowest BCUT2D eigenvalue weighted by atomic mass is 10.0. The van der Waals surface area contributed by atoms with E-state index in [0.29, 0.717) is 22.3 Å². The molecular weight excluding hydrogens is 339 g/mol. The number of rotatable bonds is 4. The van der Waals surface area contributed by atoms with E-state index in [2.05, 4.69) is 5.10 Å². The van der Waals surface area contributed by atoms with E-state index < -0.39 is 5.97 Å². The summed E-state index contributed by atoms with van der Waals surface area (Å²) in [6.07, 6.45) is 2.37. The minimum atomic E-state index is -0.451. The van der Waals surface area contributed by atoms with Gasteiger partial charge in [0.25, 0.3) is 0 Å². The molecule has 0 amide bonds. The number of aromatic nitrogens is 2. The van der Waals surface area contributed by atoms with Crippen molar-refractivity contribution >= 4 is 29.2 Å². The van der Waals surface area contributed by atoms with Gasteiger partial charge in [0.2, 0.25) is 0 Å². The van der Waals surface area contributed by atoms with Crippen LogP contribution in [-0.2, 0) is 9.47 Å². The topological polar surface area (TPSA) is 53.4 Å². The van der Waals surface area contributed by atoms with E-state index >= 15 is 0 Å². The van der Waals surface area contributed by atoms with Crippen LogP contribution in [0.15, 0.2) is 30.5 Å². The van der Waals surface area contributed by atoms with Gasteiger partial charge in [-0.15, -0.1) is 0 Å². The number of nitrogens with zero attached hydrogens (tertiary/aromatic N) is 2. The molecule has 0 N–H and O–H groups in total. The Kier molecular flexibility index (Phi) is 4.90. The van der Waals surface area contributed by atoms with E-state index in [4.69, 9.17) is 32.7 Å². The van der Waals surface area contributed by atoms with Gasteiger partial charge in [-0.25, -0.2) is 9.48 Å². The first-order valence-electron chi connectivity index (χ1n) is 7.34. The molecule has 1 aliphatic rings. The minimum absolute atomic E-state index is 0.200. The Labute approximate surface area is 144 Å². The summed E-state index contributed by atoms with van der Waals surface area (Å²) in [4.78, 5) is 12.2. The lowest BCUT2D eigenvalue weighted by molar-refractivity contribution is 0.0173. The van der Waals surface area contributed by atoms with Gasteiger partial charge in [-0.2, -0.15) is 5.10 Å². The van der Waals surface area contributed by atoms with Gasteiger partial charge in [-0.05, 0) is 37.6 Å². The number of halogens is 2. The van der Waals surface area contributed by atoms with Crippen molar-refractivity contribution in [3.63, 3.8) is 0 Å². The van der Waals surface area contributed by atoms with Crippen LogP contribution in [0, 0.1) is 5.92 Å². The summed E-state index contributed by atoms with van der Waals surface area (Å²) in [7, 11) is 0. The molecule has 1 fully saturated rings. The Bertz CT molecular complexity index is 711. The monoisotopic (exact) mass is 354 g/mol. The number of hydrogen-bond acceptors (Lipinski definition) is 4. The van der Waals surface area contributed by atoms with Crippen molar-refractivity contribution in [3.05, 3.63) is 46.2 Å². The van der Waals surface area contributed by atoms with Crippen LogP contribution in [-0.4, -0.2) is 35.1 Å². The van der Waals surface area contributed by atoms with Crippen LogP contribution in [0.5, 0.6) is 0 Å². The van der Waals surface area contributed by atoms with Crippen molar-refractivity contribution in [1.29, 1.82) is 0 Å². The lowest BCUT2D eigenvalue weighted by Crippen LogP contribution is -2.24. The molecule has 7 heteroatoms. The fourth-order valence-corrected chi connectivity index (χ4v) is 2.98. The highest BCUT2D eigenvalue weighted by atomic mass is 35.5. The fraction of sp³-hybridized carbons (Fsp3) is 0.375. The van der Waals surface area contributed by atoms with Gasteiger partial charge >= 0.3 is 5.97 Å². The maximum absolute atomic E-state index is 12.2. The van der Waals surface area contributed by atoms with Crippen LogP contribution < -0.4 is 0 Å². The minimum Gasteiger partial charge on any atom is -0.458 e. The van der Waals surface area contributed by atoms with Gasteiger partial charge in [0.15, 0.2) is 5.69 Å². The maximum atomic E-state index is 12.2. The summed E-state index contributed by atoms with van der Waals surface area (Å²) in [5.41, 5.74) is 0.883. The third-order valence-electron chi connectivity index (χ3n) is 3.88. The van der Waals surface area contributed by atoms with E-state index in [1.54, 1.807) is 30.5 Å². The standard InChI is InChI=1S/C16H16Cl2N2O3/c1-10(11-5-7-22-9-11)23-16(21)14-4-6-20(19-14)15-3-2-12(17)8-13(15)18/h2-4,6,8,10-11H,5,7,9H2,1H3/t10-,11+/m0/s1. The summed E-state index contributed by atoms with van der Waals surface area (Å²) in [5.74, 6) is -0.208. The SMILES string of the molecule is C[C@H](OC(=O)c1ccn(-c2ccc(Cl)cc2Cl)n1)[C@@H]1CCOC1. The molecule has 1 aromatic carbocycles. The number of esters is 1. The molecule has 0 saturated carbocycles. The predicted octanol–water partition coefficient (Wildman–Crippen LogP) is 3.76. The number of ether oxygens (including phenoxy) is 2. The Morgan fingerprint density at radius 3 is 2.96 bits per heavy atom. The summed E-state index contributed by atoms with van der Waals surface area (Å²) < 4.78 is 12.3. The molecule has 1 saturated heterocycles. The number of hydrogen-bond donors (Lipinski definition) is 0. The molecule has 0 aliphatic carbocycles. The molecule has 1 aromatic heterocycles. The molecule has 2 aromatic rings. The first-order valence-corrected chi connectivity index (χ1v) is 8.10. The van der Waals surface area contributed by atoms with Crippen molar-refractivity contribution in [1.82, 2.24) is 9.78 Å². The molecule has 0 unspecified atom stereocenters. The van der Waals surface area contributed by atoms with E-state index in [0.717, 1.165) is 13.0 Å². The van der Waals surface area contributed by atoms with E-state index in [-0.39, 0.29) is 17.7 Å². The van der Waals surface area contributed by atoms with Crippen molar-refractivity contribution in [2.24, 2.45) is 5.92 Å². The van der Waals surface area contributed by atoms with Gasteiger partial charge in [0.05, 0.1) is 17.3 Å². The van der Waals surface area contributed by atoms with Crippen molar-refractivity contribution in [2.75, 3.05) is 13.2 Å². The van der Waals surface area contributed by atoms with Gasteiger partial charge in [-0.3, -0.25) is 0 Å². The summed E-state index contributed by atoms with van der Waals surface area (Å²) >= 11 is 12.0. The van der Waals surface area contributed by atoms with E-state index in [9.17, 15) is 4.79 Å². The smallest absolute Gasteiger partial charge is 0.359 e. The average molecular weight is 355 g/mol. The fourth-order valence-electron chi connectivity index (χ4n) is 2.48. The van der Waals surface area contributed by atoms with Gasteiger partial charge in [0, 0.05) is 23.7 Å². The number of benzene rings is 1. The molecule has 5 nitrogen and oxygen atoms in total. The molecule has 3 rings (SSSR count). The average Bonchev–Trinajstić information content (AvgIpc) is 3.19. The van der Waals surface area contributed by atoms with Gasteiger partial charge in [0.1, 0.15) is 6.10 Å². The predicted molar refractivity (Wildman–Crippen MR) is 87.4 cm³/mol. The quantitative estimate of drug-likeness (QED) is 0.784. The van der Waals surface area contributed by atoms with Crippen LogP contribution in [0.25, 0.3) is 5.69 Å². The highest BCUT2D eigenvalue weighted by molar-refractivity contribution is 6.35. The van der Waals surface area contributed by atoms with Gasteiger partial charge < -0.3 is 9.47 Å². The Morgan fingerprint density at radius 2 is 2.26 bits per heavy atom. The van der Waals surface area contributed by atoms with Crippen LogP contribution >= 0.6 is 23.2 Å². The highest BCUT2D eigenvalue weighted by Crippen LogP contribution is 2.24. The number of carbonyl (C=O) groups is 1. The van der Waals surface area contributed by atoms with Crippen molar-refractivity contribution in [2.45, 2.75) is 19.4 Å². The summed E-state index contributed by atoms with van der Waals surface area (Å²) in [6.45, 7) is 3.23. The molecule has 0 radical (unpaired) electrons. The van der Waals surface area contributed by atoms with Crippen molar-refractivity contribution < 1.29 is 14.3 Å². The second kappa shape index (κ2) is 6.91. The van der Waals surface area contributed by atoms with Crippen LogP contribution in [0.2, 0.25) is 10.0 Å². The molecule has 0 bridgehead atoms. The maximum Gasteiger partial charge on any atom is 0.359 e. The van der Waals surface area contributed by atoms with Crippen LogP contribution in [0.4, 0.5) is 0 Å². The number of carbonyl (C=O) groups excluding carboxylic acids is 1. The second-order valence-corrected chi connectivity index (χ2v) is 6.32.